The van der Waals surface area contributed by atoms with Crippen molar-refractivity contribution in [1.82, 2.24) is 15.3 Å². The first-order valence-corrected chi connectivity index (χ1v) is 8.35. The average molecular weight is 342 g/mol. The highest BCUT2D eigenvalue weighted by molar-refractivity contribution is 5.77. The second kappa shape index (κ2) is 8.32. The quantitative estimate of drug-likeness (QED) is 0.826. The van der Waals surface area contributed by atoms with Gasteiger partial charge in [-0.25, -0.2) is 9.97 Å². The van der Waals surface area contributed by atoms with Crippen molar-refractivity contribution in [2.45, 2.75) is 19.4 Å². The lowest BCUT2D eigenvalue weighted by molar-refractivity contribution is -0.123. The molecule has 7 heteroatoms. The molecule has 132 valence electrons. The number of hydrogen-bond acceptors (Lipinski definition) is 6. The van der Waals surface area contributed by atoms with Crippen molar-refractivity contribution in [2.75, 3.05) is 31.7 Å². The Morgan fingerprint density at radius 3 is 2.60 bits per heavy atom. The molecule has 2 heterocycles. The van der Waals surface area contributed by atoms with E-state index in [4.69, 9.17) is 9.47 Å². The number of anilines is 1. The molecule has 1 aromatic heterocycles. The highest BCUT2D eigenvalue weighted by atomic mass is 16.5. The molecule has 0 atom stereocenters. The molecule has 0 radical (unpaired) electrons. The lowest BCUT2D eigenvalue weighted by atomic mass is 10.3. The van der Waals surface area contributed by atoms with Crippen LogP contribution in [-0.2, 0) is 11.3 Å². The lowest BCUT2D eigenvalue weighted by Gasteiger charge is -2.16. The van der Waals surface area contributed by atoms with Gasteiger partial charge in [-0.3, -0.25) is 4.79 Å². The number of carbonyl (C=O) groups excluding carboxylic acids is 1. The molecule has 1 aliphatic heterocycles. The molecule has 0 saturated carbocycles. The summed E-state index contributed by atoms with van der Waals surface area (Å²) in [5, 5.41) is 2.78. The van der Waals surface area contributed by atoms with Crippen LogP contribution in [0.1, 0.15) is 18.7 Å². The number of benzene rings is 1. The standard InChI is InChI=1S/C18H22N4O3/c1-24-14-4-6-15(7-5-14)25-13-18(23)20-12-16-19-9-8-17(21-16)22-10-2-3-11-22/h4-9H,2-3,10-13H2,1H3,(H,20,23). The molecule has 0 unspecified atom stereocenters. The SMILES string of the molecule is COc1ccc(OCC(=O)NCc2nccc(N3CCCC3)n2)cc1. The van der Waals surface area contributed by atoms with Crippen molar-refractivity contribution in [2.24, 2.45) is 0 Å². The van der Waals surface area contributed by atoms with Gasteiger partial charge in [0, 0.05) is 19.3 Å². The summed E-state index contributed by atoms with van der Waals surface area (Å²) < 4.78 is 10.5. The van der Waals surface area contributed by atoms with E-state index < -0.39 is 0 Å². The van der Waals surface area contributed by atoms with E-state index in [1.807, 2.05) is 6.07 Å². The number of methoxy groups -OCH3 is 1. The number of nitrogens with zero attached hydrogens (tertiary/aromatic N) is 3. The second-order valence-corrected chi connectivity index (χ2v) is 5.77. The molecular weight excluding hydrogens is 320 g/mol. The van der Waals surface area contributed by atoms with Crippen LogP contribution in [0.2, 0.25) is 0 Å². The molecule has 25 heavy (non-hydrogen) atoms. The van der Waals surface area contributed by atoms with Gasteiger partial charge in [-0.15, -0.1) is 0 Å². The van der Waals surface area contributed by atoms with Crippen molar-refractivity contribution < 1.29 is 14.3 Å². The predicted molar refractivity (Wildman–Crippen MR) is 93.8 cm³/mol. The normalized spacial score (nSPS) is 13.6. The summed E-state index contributed by atoms with van der Waals surface area (Å²) in [6, 6.07) is 8.99. The van der Waals surface area contributed by atoms with Crippen LogP contribution < -0.4 is 19.7 Å². The maximum atomic E-state index is 11.9. The van der Waals surface area contributed by atoms with E-state index in [-0.39, 0.29) is 19.1 Å². The van der Waals surface area contributed by atoms with Gasteiger partial charge in [-0.2, -0.15) is 0 Å². The Morgan fingerprint density at radius 1 is 1.16 bits per heavy atom. The molecule has 1 N–H and O–H groups in total. The molecule has 1 aromatic carbocycles. The zero-order valence-electron chi connectivity index (χ0n) is 14.3. The van der Waals surface area contributed by atoms with Crippen LogP contribution in [0.15, 0.2) is 36.5 Å². The van der Waals surface area contributed by atoms with Gasteiger partial charge >= 0.3 is 0 Å². The third-order valence-corrected chi connectivity index (χ3v) is 3.99. The van der Waals surface area contributed by atoms with E-state index >= 15 is 0 Å². The average Bonchev–Trinajstić information content (AvgIpc) is 3.20. The Balaban J connectivity index is 1.46. The summed E-state index contributed by atoms with van der Waals surface area (Å²) in [5.74, 6) is 2.66. The zero-order valence-corrected chi connectivity index (χ0v) is 14.3. The number of hydrogen-bond donors (Lipinski definition) is 1. The third kappa shape index (κ3) is 4.82. The Morgan fingerprint density at radius 2 is 1.88 bits per heavy atom. The predicted octanol–water partition coefficient (Wildman–Crippen LogP) is 1.78. The third-order valence-electron chi connectivity index (χ3n) is 3.99. The Kier molecular flexibility index (Phi) is 5.66. The Bertz CT molecular complexity index is 700. The summed E-state index contributed by atoms with van der Waals surface area (Å²) in [5.41, 5.74) is 0. The lowest BCUT2D eigenvalue weighted by Crippen LogP contribution is -2.29. The van der Waals surface area contributed by atoms with E-state index in [1.165, 1.54) is 12.8 Å². The highest BCUT2D eigenvalue weighted by Crippen LogP contribution is 2.17. The number of rotatable bonds is 7. The van der Waals surface area contributed by atoms with Crippen LogP contribution in [0.5, 0.6) is 11.5 Å². The monoisotopic (exact) mass is 342 g/mol. The van der Waals surface area contributed by atoms with E-state index in [0.29, 0.717) is 11.6 Å². The van der Waals surface area contributed by atoms with E-state index in [1.54, 1.807) is 37.6 Å². The van der Waals surface area contributed by atoms with Gasteiger partial charge in [0.2, 0.25) is 0 Å². The van der Waals surface area contributed by atoms with Gasteiger partial charge < -0.3 is 19.7 Å². The minimum absolute atomic E-state index is 0.0574. The second-order valence-electron chi connectivity index (χ2n) is 5.77. The molecule has 7 nitrogen and oxygen atoms in total. The van der Waals surface area contributed by atoms with Gasteiger partial charge in [0.15, 0.2) is 6.61 Å². The number of carbonyl (C=O) groups is 1. The van der Waals surface area contributed by atoms with Crippen LogP contribution in [0.3, 0.4) is 0 Å². The van der Waals surface area contributed by atoms with E-state index in [0.717, 1.165) is 24.7 Å². The van der Waals surface area contributed by atoms with Crippen molar-refractivity contribution in [3.05, 3.63) is 42.4 Å². The number of aromatic nitrogens is 2. The minimum Gasteiger partial charge on any atom is -0.497 e. The summed E-state index contributed by atoms with van der Waals surface area (Å²) in [6.45, 7) is 2.28. The Labute approximate surface area is 147 Å². The molecular formula is C18H22N4O3. The van der Waals surface area contributed by atoms with Crippen LogP contribution in [0.4, 0.5) is 5.82 Å². The Hall–Kier alpha value is -2.83. The maximum absolute atomic E-state index is 11.9. The fourth-order valence-corrected chi connectivity index (χ4v) is 2.65. The first-order chi connectivity index (χ1) is 12.2. The summed E-state index contributed by atoms with van der Waals surface area (Å²) in [7, 11) is 1.60. The topological polar surface area (TPSA) is 76.6 Å². The molecule has 0 aliphatic carbocycles. The van der Waals surface area contributed by atoms with Crippen LogP contribution >= 0.6 is 0 Å². The van der Waals surface area contributed by atoms with Gasteiger partial charge in [-0.1, -0.05) is 0 Å². The molecule has 1 saturated heterocycles. The summed E-state index contributed by atoms with van der Waals surface area (Å²) in [4.78, 5) is 22.9. The molecule has 1 amide bonds. The van der Waals surface area contributed by atoms with Crippen molar-refractivity contribution in [3.63, 3.8) is 0 Å². The van der Waals surface area contributed by atoms with Gasteiger partial charge in [0.05, 0.1) is 13.7 Å². The van der Waals surface area contributed by atoms with Gasteiger partial charge in [-0.05, 0) is 43.2 Å². The number of amides is 1. The molecule has 2 aromatic rings. The van der Waals surface area contributed by atoms with Crippen LogP contribution in [0, 0.1) is 0 Å². The van der Waals surface area contributed by atoms with Crippen molar-refractivity contribution >= 4 is 11.7 Å². The van der Waals surface area contributed by atoms with Crippen LogP contribution in [0.25, 0.3) is 0 Å². The highest BCUT2D eigenvalue weighted by Gasteiger charge is 2.14. The first-order valence-electron chi connectivity index (χ1n) is 8.35. The molecule has 0 spiro atoms. The fourth-order valence-electron chi connectivity index (χ4n) is 2.65. The van der Waals surface area contributed by atoms with E-state index in [2.05, 4.69) is 20.2 Å². The molecule has 1 aliphatic rings. The largest absolute Gasteiger partial charge is 0.497 e. The van der Waals surface area contributed by atoms with Crippen molar-refractivity contribution in [3.8, 4) is 11.5 Å². The van der Waals surface area contributed by atoms with Crippen molar-refractivity contribution in [1.29, 1.82) is 0 Å². The molecule has 3 rings (SSSR count). The smallest absolute Gasteiger partial charge is 0.258 e. The fraction of sp³-hybridized carbons (Fsp3) is 0.389. The summed E-state index contributed by atoms with van der Waals surface area (Å²) in [6.07, 6.45) is 4.12. The summed E-state index contributed by atoms with van der Waals surface area (Å²) >= 11 is 0. The number of nitrogens with one attached hydrogen (secondary N) is 1. The minimum atomic E-state index is -0.217. The molecule has 0 bridgehead atoms. The van der Waals surface area contributed by atoms with Crippen LogP contribution in [-0.4, -0.2) is 42.7 Å². The van der Waals surface area contributed by atoms with Gasteiger partial charge in [0.1, 0.15) is 23.1 Å². The number of ether oxygens (including phenoxy) is 2. The zero-order chi connectivity index (χ0) is 17.5. The van der Waals surface area contributed by atoms with Gasteiger partial charge in [0.25, 0.3) is 5.91 Å². The first kappa shape index (κ1) is 17.0. The maximum Gasteiger partial charge on any atom is 0.258 e. The van der Waals surface area contributed by atoms with E-state index in [9.17, 15) is 4.79 Å². The molecule has 1 fully saturated rings.